The monoisotopic (exact) mass is 256 g/mol. The van der Waals surface area contributed by atoms with Crippen LogP contribution in [0.1, 0.15) is 35.4 Å². The molecule has 0 aliphatic heterocycles. The summed E-state index contributed by atoms with van der Waals surface area (Å²) in [6.07, 6.45) is 4.41. The lowest BCUT2D eigenvalue weighted by Crippen LogP contribution is -2.16. The molecule has 0 atom stereocenters. The summed E-state index contributed by atoms with van der Waals surface area (Å²) in [6.45, 7) is 5.83. The van der Waals surface area contributed by atoms with Crippen molar-refractivity contribution in [1.29, 1.82) is 0 Å². The molecule has 0 bridgehead atoms. The highest BCUT2D eigenvalue weighted by Gasteiger charge is 2.20. The second-order valence-electron chi connectivity index (χ2n) is 5.51. The summed E-state index contributed by atoms with van der Waals surface area (Å²) in [6, 6.07) is 7.30. The van der Waals surface area contributed by atoms with Gasteiger partial charge < -0.3 is 5.32 Å². The van der Waals surface area contributed by atoms with Crippen LogP contribution in [0.2, 0.25) is 0 Å². The molecule has 0 amide bonds. The summed E-state index contributed by atoms with van der Waals surface area (Å²) in [7, 11) is 0. The van der Waals surface area contributed by atoms with E-state index in [0.29, 0.717) is 6.04 Å². The van der Waals surface area contributed by atoms with Crippen molar-refractivity contribution in [2.24, 2.45) is 0 Å². The second kappa shape index (κ2) is 5.13. The predicted molar refractivity (Wildman–Crippen MR) is 74.9 cm³/mol. The minimum absolute atomic E-state index is 0.700. The summed E-state index contributed by atoms with van der Waals surface area (Å²) >= 11 is 0. The summed E-state index contributed by atoms with van der Waals surface area (Å²) in [5.74, 6) is 0.885. The Kier molecular flexibility index (Phi) is 3.34. The number of benzene rings is 1. The van der Waals surface area contributed by atoms with Crippen LogP contribution in [0.3, 0.4) is 0 Å². The van der Waals surface area contributed by atoms with Crippen molar-refractivity contribution in [2.45, 2.75) is 45.8 Å². The third kappa shape index (κ3) is 3.41. The first kappa shape index (κ1) is 12.4. The average molecular weight is 256 g/mol. The number of aryl methyl sites for hydroxylation is 2. The number of aromatic nitrogens is 3. The van der Waals surface area contributed by atoms with E-state index in [1.54, 1.807) is 0 Å². The highest BCUT2D eigenvalue weighted by Crippen LogP contribution is 2.18. The molecule has 1 aromatic carbocycles. The van der Waals surface area contributed by atoms with Gasteiger partial charge >= 0.3 is 0 Å². The maximum atomic E-state index is 4.51. The minimum atomic E-state index is 0.700. The molecule has 3 rings (SSSR count). The molecule has 4 nitrogen and oxygen atoms in total. The van der Waals surface area contributed by atoms with Crippen molar-refractivity contribution in [1.82, 2.24) is 20.1 Å². The molecule has 1 aromatic heterocycles. The van der Waals surface area contributed by atoms with Crippen LogP contribution in [0.15, 0.2) is 24.5 Å². The molecule has 1 saturated carbocycles. The van der Waals surface area contributed by atoms with Crippen molar-refractivity contribution in [3.05, 3.63) is 47.0 Å². The van der Waals surface area contributed by atoms with Gasteiger partial charge in [0.15, 0.2) is 5.82 Å². The second-order valence-corrected chi connectivity index (χ2v) is 5.51. The molecular weight excluding hydrogens is 236 g/mol. The highest BCUT2D eigenvalue weighted by atomic mass is 15.3. The number of rotatable bonds is 5. The fourth-order valence-corrected chi connectivity index (χ4v) is 2.36. The van der Waals surface area contributed by atoms with Crippen molar-refractivity contribution in [3.63, 3.8) is 0 Å². The van der Waals surface area contributed by atoms with E-state index < -0.39 is 0 Å². The Labute approximate surface area is 113 Å². The Balaban J connectivity index is 1.65. The van der Waals surface area contributed by atoms with Gasteiger partial charge in [0.25, 0.3) is 0 Å². The minimum Gasteiger partial charge on any atom is -0.307 e. The Morgan fingerprint density at radius 1 is 1.21 bits per heavy atom. The molecule has 1 aliphatic rings. The fourth-order valence-electron chi connectivity index (χ4n) is 2.36. The highest BCUT2D eigenvalue weighted by molar-refractivity contribution is 5.28. The van der Waals surface area contributed by atoms with Crippen LogP contribution in [-0.2, 0) is 13.1 Å². The van der Waals surface area contributed by atoms with Gasteiger partial charge in [0, 0.05) is 6.04 Å². The van der Waals surface area contributed by atoms with Gasteiger partial charge in [0.1, 0.15) is 6.33 Å². The number of nitrogens with one attached hydrogen (secondary N) is 1. The van der Waals surface area contributed by atoms with Crippen LogP contribution < -0.4 is 5.32 Å². The molecule has 19 heavy (non-hydrogen) atoms. The lowest BCUT2D eigenvalue weighted by molar-refractivity contribution is 0.628. The van der Waals surface area contributed by atoms with Crippen LogP contribution in [0.4, 0.5) is 0 Å². The standard InChI is InChI=1S/C15H20N4/c1-11-5-12(2)7-13(6-11)9-19-10-17-15(18-19)8-16-14-3-4-14/h5-7,10,14,16H,3-4,8-9H2,1-2H3. The number of nitrogens with zero attached hydrogens (tertiary/aromatic N) is 3. The molecule has 1 aliphatic carbocycles. The van der Waals surface area contributed by atoms with Crippen LogP contribution in [0, 0.1) is 13.8 Å². The zero-order valence-electron chi connectivity index (χ0n) is 11.6. The summed E-state index contributed by atoms with van der Waals surface area (Å²) in [5, 5.41) is 7.94. The number of hydrogen-bond donors (Lipinski definition) is 1. The lowest BCUT2D eigenvalue weighted by atomic mass is 10.1. The zero-order valence-corrected chi connectivity index (χ0v) is 11.6. The van der Waals surface area contributed by atoms with Crippen LogP contribution in [-0.4, -0.2) is 20.8 Å². The van der Waals surface area contributed by atoms with Crippen LogP contribution >= 0.6 is 0 Å². The Hall–Kier alpha value is -1.68. The van der Waals surface area contributed by atoms with Gasteiger partial charge in [0.2, 0.25) is 0 Å². The molecule has 4 heteroatoms. The normalized spacial score (nSPS) is 14.8. The van der Waals surface area contributed by atoms with E-state index in [1.165, 1.54) is 29.5 Å². The van der Waals surface area contributed by atoms with Crippen LogP contribution in [0.5, 0.6) is 0 Å². The van der Waals surface area contributed by atoms with Crippen molar-refractivity contribution in [3.8, 4) is 0 Å². The van der Waals surface area contributed by atoms with E-state index >= 15 is 0 Å². The molecule has 0 spiro atoms. The Morgan fingerprint density at radius 2 is 1.95 bits per heavy atom. The van der Waals surface area contributed by atoms with Gasteiger partial charge in [-0.15, -0.1) is 0 Å². The van der Waals surface area contributed by atoms with Crippen molar-refractivity contribution < 1.29 is 0 Å². The molecule has 100 valence electrons. The first-order chi connectivity index (χ1) is 9.19. The van der Waals surface area contributed by atoms with E-state index in [4.69, 9.17) is 0 Å². The molecule has 0 unspecified atom stereocenters. The van der Waals surface area contributed by atoms with Crippen molar-refractivity contribution in [2.75, 3.05) is 0 Å². The van der Waals surface area contributed by atoms with E-state index in [2.05, 4.69) is 47.4 Å². The van der Waals surface area contributed by atoms with E-state index in [-0.39, 0.29) is 0 Å². The van der Waals surface area contributed by atoms with E-state index in [1.807, 2.05) is 11.0 Å². The van der Waals surface area contributed by atoms with Gasteiger partial charge in [-0.2, -0.15) is 5.10 Å². The molecule has 0 saturated heterocycles. The van der Waals surface area contributed by atoms with Crippen molar-refractivity contribution >= 4 is 0 Å². The maximum Gasteiger partial charge on any atom is 0.164 e. The first-order valence-corrected chi connectivity index (χ1v) is 6.88. The fraction of sp³-hybridized carbons (Fsp3) is 0.467. The lowest BCUT2D eigenvalue weighted by Gasteiger charge is -2.04. The third-order valence-corrected chi connectivity index (χ3v) is 3.34. The van der Waals surface area contributed by atoms with Gasteiger partial charge in [0.05, 0.1) is 13.1 Å². The summed E-state index contributed by atoms with van der Waals surface area (Å²) in [5.41, 5.74) is 3.88. The van der Waals surface area contributed by atoms with E-state index in [9.17, 15) is 0 Å². The Bertz CT molecular complexity index is 549. The molecule has 1 N–H and O–H groups in total. The molecule has 0 radical (unpaired) electrons. The molecule has 1 fully saturated rings. The molecule has 1 heterocycles. The Morgan fingerprint density at radius 3 is 2.63 bits per heavy atom. The van der Waals surface area contributed by atoms with Crippen LogP contribution in [0.25, 0.3) is 0 Å². The van der Waals surface area contributed by atoms with Gasteiger partial charge in [-0.25, -0.2) is 9.67 Å². The quantitative estimate of drug-likeness (QED) is 0.891. The topological polar surface area (TPSA) is 42.7 Å². The summed E-state index contributed by atoms with van der Waals surface area (Å²) in [4.78, 5) is 4.35. The molecule has 2 aromatic rings. The first-order valence-electron chi connectivity index (χ1n) is 6.88. The molecular formula is C15H20N4. The smallest absolute Gasteiger partial charge is 0.164 e. The average Bonchev–Trinajstić information content (AvgIpc) is 3.06. The SMILES string of the molecule is Cc1cc(C)cc(Cn2cnc(CNC3CC3)n2)c1. The maximum absolute atomic E-state index is 4.51. The van der Waals surface area contributed by atoms with E-state index in [0.717, 1.165) is 18.9 Å². The van der Waals surface area contributed by atoms with Gasteiger partial charge in [-0.05, 0) is 32.3 Å². The third-order valence-electron chi connectivity index (χ3n) is 3.34. The van der Waals surface area contributed by atoms with Gasteiger partial charge in [-0.1, -0.05) is 29.3 Å². The largest absolute Gasteiger partial charge is 0.307 e. The zero-order chi connectivity index (χ0) is 13.2. The van der Waals surface area contributed by atoms with Gasteiger partial charge in [-0.3, -0.25) is 0 Å². The number of hydrogen-bond acceptors (Lipinski definition) is 3. The predicted octanol–water partition coefficient (Wildman–Crippen LogP) is 2.20. The summed E-state index contributed by atoms with van der Waals surface area (Å²) < 4.78 is 1.91.